The van der Waals surface area contributed by atoms with E-state index >= 15 is 0 Å². The van der Waals surface area contributed by atoms with E-state index in [0.29, 0.717) is 61.1 Å². The number of nitrogens with one attached hydrogen (secondary N) is 1. The zero-order valence-corrected chi connectivity index (χ0v) is 26.0. The normalized spacial score (nSPS) is 17.4. The van der Waals surface area contributed by atoms with E-state index in [0.717, 1.165) is 35.2 Å². The van der Waals surface area contributed by atoms with Crippen LogP contribution in [0.1, 0.15) is 64.3 Å². The molecule has 8 rings (SSSR count). The number of nitrogens with zero attached hydrogens (tertiary/aromatic N) is 8. The van der Waals surface area contributed by atoms with Crippen LogP contribution in [0.15, 0.2) is 54.9 Å². The Morgan fingerprint density at radius 2 is 1.95 bits per heavy atom. The molecule has 1 saturated heterocycles. The second-order valence-electron chi connectivity index (χ2n) is 11.5. The molecular weight excluding hydrogens is 557 g/mol. The Balaban J connectivity index is 0.00000300. The molecule has 5 heterocycles. The van der Waals surface area contributed by atoms with E-state index in [-0.39, 0.29) is 41.2 Å². The van der Waals surface area contributed by atoms with Crippen LogP contribution in [0.4, 0.5) is 11.5 Å². The number of aromatic nitrogens is 7. The monoisotopic (exact) mass is 585 g/mol. The summed E-state index contributed by atoms with van der Waals surface area (Å²) in [5.41, 5.74) is 3.58. The molecule has 0 radical (unpaired) electrons. The molecule has 0 bridgehead atoms. The number of likely N-dealkylation sites (tertiary alicyclic amines) is 1. The predicted molar refractivity (Wildman–Crippen MR) is 152 cm³/mol. The quantitative estimate of drug-likeness (QED) is 0.297. The maximum atomic E-state index is 13.7. The molecule has 2 aromatic carbocycles. The average Bonchev–Trinajstić information content (AvgIpc) is 3.35. The molecule has 2 fully saturated rings. The van der Waals surface area contributed by atoms with Crippen LogP contribution < -0.4 is 44.7 Å². The maximum Gasteiger partial charge on any atom is 1.00 e. The zero-order chi connectivity index (χ0) is 28.4. The molecule has 2 aliphatic heterocycles. The summed E-state index contributed by atoms with van der Waals surface area (Å²) in [5.74, 6) is 2.39. The average molecular weight is 586 g/mol. The minimum Gasteiger partial charge on any atom is -0.486 e. The molecule has 1 N–H and O–H groups in total. The number of ether oxygens (including phenoxy) is 1. The molecule has 5 aromatic rings. The van der Waals surface area contributed by atoms with Crippen molar-refractivity contribution in [1.82, 2.24) is 39.9 Å². The number of benzene rings is 2. The van der Waals surface area contributed by atoms with Crippen LogP contribution >= 0.6 is 0 Å². The minimum absolute atomic E-state index is 0. The molecule has 1 spiro atoms. The first-order valence-corrected chi connectivity index (χ1v) is 14.2. The van der Waals surface area contributed by atoms with E-state index in [4.69, 9.17) is 4.74 Å². The van der Waals surface area contributed by atoms with Gasteiger partial charge < -0.3 is 19.5 Å². The third-order valence-corrected chi connectivity index (χ3v) is 8.77. The summed E-state index contributed by atoms with van der Waals surface area (Å²) < 4.78 is 10.1. The molecule has 1 amide bonds. The number of rotatable bonds is 5. The number of hydrogen-bond acceptors (Lipinski definition) is 8. The summed E-state index contributed by atoms with van der Waals surface area (Å²) in [6, 6.07) is 13.3. The first-order chi connectivity index (χ1) is 20.5. The third-order valence-electron chi connectivity index (χ3n) is 8.77. The molecule has 0 unspecified atom stereocenters. The van der Waals surface area contributed by atoms with Crippen molar-refractivity contribution >= 4 is 34.1 Å². The molecule has 1 aliphatic carbocycles. The van der Waals surface area contributed by atoms with E-state index in [9.17, 15) is 9.59 Å². The smallest absolute Gasteiger partial charge is 0.486 e. The molecule has 0 atom stereocenters. The van der Waals surface area contributed by atoms with Gasteiger partial charge in [0.15, 0.2) is 5.78 Å². The summed E-state index contributed by atoms with van der Waals surface area (Å²) >= 11 is 0. The number of carbonyl (C=O) groups excluding carboxylic acids is 2. The van der Waals surface area contributed by atoms with E-state index in [2.05, 4.69) is 31.0 Å². The van der Waals surface area contributed by atoms with Crippen LogP contribution in [-0.4, -0.2) is 65.2 Å². The second kappa shape index (κ2) is 10.6. The third kappa shape index (κ3) is 4.92. The van der Waals surface area contributed by atoms with Gasteiger partial charge in [-0.2, -0.15) is 10.3 Å². The standard InChI is InChI=1S/C30H28N9O3.Na/c1-37-27(8-11-31-37)32-20-5-7-26-22(15-20)25(40)16-30(42-26)9-12-38(13-10-30)28(41)19-4-6-24-21(14-19)23(18-2-3-18)17-39(24)29-33-35-36-34-29;/h4-8,11,14-15,17-18H,2-3,9-10,12-13,16H2,1H3,(H-,31,32,33,34,35,36);/q-1;+1. The van der Waals surface area contributed by atoms with Crippen molar-refractivity contribution in [2.45, 2.75) is 43.6 Å². The van der Waals surface area contributed by atoms with Gasteiger partial charge in [-0.05, 0) is 72.3 Å². The molecule has 3 aliphatic rings. The SMILES string of the molecule is Cn1nccc1Nc1ccc2c(c1)C(=O)CC1(CCN(C(=O)c3ccc4c(c3)c(C3CC3)cn4-c3nnn[n-]3)CC1)O2.[Na+]. The summed E-state index contributed by atoms with van der Waals surface area (Å²) in [5, 5.41) is 23.8. The first-order valence-electron chi connectivity index (χ1n) is 14.2. The molecule has 43 heavy (non-hydrogen) atoms. The number of aryl methyl sites for hydroxylation is 1. The number of ketones is 1. The van der Waals surface area contributed by atoms with Crippen LogP contribution in [0.3, 0.4) is 0 Å². The topological polar surface area (TPSA) is 134 Å². The summed E-state index contributed by atoms with van der Waals surface area (Å²) in [7, 11) is 1.85. The maximum absolute atomic E-state index is 13.7. The van der Waals surface area contributed by atoms with E-state index in [1.165, 1.54) is 5.56 Å². The second-order valence-corrected chi connectivity index (χ2v) is 11.5. The summed E-state index contributed by atoms with van der Waals surface area (Å²) in [6.07, 6.45) is 7.52. The number of carbonyl (C=O) groups is 2. The van der Waals surface area contributed by atoms with Crippen LogP contribution in [0, 0.1) is 0 Å². The molecule has 1 saturated carbocycles. The van der Waals surface area contributed by atoms with Gasteiger partial charge in [-0.25, -0.2) is 5.10 Å². The predicted octanol–water partition coefficient (Wildman–Crippen LogP) is 0.771. The van der Waals surface area contributed by atoms with Crippen LogP contribution in [0.5, 0.6) is 5.75 Å². The number of Topliss-reactive ketones (excluding diaryl/α,β-unsaturated/α-hetero) is 1. The number of amides is 1. The van der Waals surface area contributed by atoms with Gasteiger partial charge in [0.1, 0.15) is 23.1 Å². The molecular formula is C30H28N9NaO3. The van der Waals surface area contributed by atoms with Crippen LogP contribution in [0.25, 0.3) is 16.9 Å². The minimum atomic E-state index is -0.597. The van der Waals surface area contributed by atoms with Crippen molar-refractivity contribution in [3.63, 3.8) is 0 Å². The van der Waals surface area contributed by atoms with Crippen molar-refractivity contribution in [3.8, 4) is 11.7 Å². The van der Waals surface area contributed by atoms with Gasteiger partial charge in [0.05, 0.1) is 18.2 Å². The molecule has 3 aromatic heterocycles. The molecule has 12 nitrogen and oxygen atoms in total. The van der Waals surface area contributed by atoms with Gasteiger partial charge in [-0.3, -0.25) is 19.4 Å². The van der Waals surface area contributed by atoms with Crippen LogP contribution in [0.2, 0.25) is 0 Å². The largest absolute Gasteiger partial charge is 1.00 e. The number of anilines is 2. The Morgan fingerprint density at radius 3 is 2.67 bits per heavy atom. The summed E-state index contributed by atoms with van der Waals surface area (Å²) in [6.45, 7) is 1.05. The Labute approximate surface area is 269 Å². The van der Waals surface area contributed by atoms with Gasteiger partial charge in [0.2, 0.25) is 0 Å². The van der Waals surface area contributed by atoms with Gasteiger partial charge in [-0.15, -0.1) is 5.21 Å². The number of fused-ring (bicyclic) bond motifs is 2. The zero-order valence-electron chi connectivity index (χ0n) is 24.0. The van der Waals surface area contributed by atoms with E-state index in [1.807, 2.05) is 65.2 Å². The van der Waals surface area contributed by atoms with E-state index in [1.54, 1.807) is 10.9 Å². The van der Waals surface area contributed by atoms with Gasteiger partial charge >= 0.3 is 29.6 Å². The first kappa shape index (κ1) is 27.8. The van der Waals surface area contributed by atoms with Crippen molar-refractivity contribution in [1.29, 1.82) is 0 Å². The van der Waals surface area contributed by atoms with Crippen molar-refractivity contribution in [2.75, 3.05) is 18.4 Å². The van der Waals surface area contributed by atoms with Crippen molar-refractivity contribution < 1.29 is 43.9 Å². The molecule has 212 valence electrons. The summed E-state index contributed by atoms with van der Waals surface area (Å²) in [4.78, 5) is 28.8. The molecule has 13 heteroatoms. The van der Waals surface area contributed by atoms with Crippen molar-refractivity contribution in [2.24, 2.45) is 7.05 Å². The van der Waals surface area contributed by atoms with Gasteiger partial charge in [0.25, 0.3) is 5.91 Å². The van der Waals surface area contributed by atoms with Gasteiger partial charge in [-0.1, -0.05) is 0 Å². The fourth-order valence-electron chi connectivity index (χ4n) is 6.31. The van der Waals surface area contributed by atoms with Crippen molar-refractivity contribution in [3.05, 3.63) is 71.5 Å². The number of tetrazole rings is 1. The fraction of sp³-hybridized carbons (Fsp3) is 0.333. The van der Waals surface area contributed by atoms with E-state index < -0.39 is 5.60 Å². The Bertz CT molecular complexity index is 1850. The Kier molecular flexibility index (Phi) is 6.87. The Hall–Kier alpha value is -4.00. The Morgan fingerprint density at radius 1 is 1.12 bits per heavy atom. The number of hydrogen-bond donors (Lipinski definition) is 1. The van der Waals surface area contributed by atoms with Crippen LogP contribution in [-0.2, 0) is 7.05 Å². The van der Waals surface area contributed by atoms with Gasteiger partial charge in [0, 0.05) is 55.8 Å². The number of piperidine rings is 1. The fourth-order valence-corrected chi connectivity index (χ4v) is 6.31.